The lowest BCUT2D eigenvalue weighted by molar-refractivity contribution is -0.131. The summed E-state index contributed by atoms with van der Waals surface area (Å²) in [6, 6.07) is 7.24. The third-order valence-corrected chi connectivity index (χ3v) is 8.49. The molecule has 0 spiro atoms. The molecule has 0 radical (unpaired) electrons. The molecule has 0 saturated carbocycles. The zero-order chi connectivity index (χ0) is 26.3. The van der Waals surface area contributed by atoms with Crippen LogP contribution >= 0.6 is 0 Å². The Morgan fingerprint density at radius 3 is 2.65 bits per heavy atom. The molecule has 4 aliphatic rings. The van der Waals surface area contributed by atoms with E-state index in [1.165, 1.54) is 12.1 Å². The number of alkyl halides is 1. The summed E-state index contributed by atoms with van der Waals surface area (Å²) in [5.74, 6) is 0.0101. The van der Waals surface area contributed by atoms with Crippen LogP contribution in [-0.2, 0) is 11.2 Å². The Labute approximate surface area is 219 Å². The number of nitrogens with zero attached hydrogens (tertiary/aromatic N) is 4. The first-order valence-corrected chi connectivity index (χ1v) is 13.8. The number of aliphatic imine (C=N–C) groups is 1. The van der Waals surface area contributed by atoms with Crippen molar-refractivity contribution in [2.75, 3.05) is 45.8 Å². The number of fused-ring (bicyclic) bond motifs is 1. The summed E-state index contributed by atoms with van der Waals surface area (Å²) in [4.78, 5) is 25.4. The molecule has 5 atom stereocenters. The van der Waals surface area contributed by atoms with Crippen molar-refractivity contribution in [3.05, 3.63) is 47.4 Å². The molecule has 5 rings (SSSR count). The van der Waals surface area contributed by atoms with Crippen molar-refractivity contribution in [3.8, 4) is 0 Å². The van der Waals surface area contributed by atoms with E-state index in [0.717, 1.165) is 49.6 Å². The van der Waals surface area contributed by atoms with Gasteiger partial charge in [-0.15, -0.1) is 0 Å². The van der Waals surface area contributed by atoms with Crippen molar-refractivity contribution in [1.29, 1.82) is 0 Å². The number of likely N-dealkylation sites (tertiary alicyclic amines) is 2. The van der Waals surface area contributed by atoms with E-state index in [4.69, 9.17) is 4.99 Å². The predicted octanol–water partition coefficient (Wildman–Crippen LogP) is 3.29. The smallest absolute Gasteiger partial charge is 0.241 e. The average Bonchev–Trinajstić information content (AvgIpc) is 3.37. The number of amides is 1. The molecule has 3 saturated heterocycles. The van der Waals surface area contributed by atoms with E-state index in [1.807, 2.05) is 17.0 Å². The summed E-state index contributed by atoms with van der Waals surface area (Å²) in [6.45, 7) is 13.2. The van der Waals surface area contributed by atoms with Crippen molar-refractivity contribution < 1.29 is 13.6 Å². The topological polar surface area (TPSA) is 51.2 Å². The molecular formula is C29H41F2N5O. The van der Waals surface area contributed by atoms with Crippen LogP contribution in [0.4, 0.5) is 8.78 Å². The first kappa shape index (κ1) is 26.4. The molecule has 1 N–H and O–H groups in total. The third-order valence-electron chi connectivity index (χ3n) is 8.49. The number of benzene rings is 1. The second-order valence-corrected chi connectivity index (χ2v) is 12.2. The molecule has 4 heterocycles. The van der Waals surface area contributed by atoms with E-state index in [-0.39, 0.29) is 35.1 Å². The van der Waals surface area contributed by atoms with Crippen LogP contribution in [0.5, 0.6) is 0 Å². The number of rotatable bonds is 6. The second kappa shape index (κ2) is 10.5. The lowest BCUT2D eigenvalue weighted by atomic mass is 9.84. The fourth-order valence-electron chi connectivity index (χ4n) is 6.34. The van der Waals surface area contributed by atoms with Crippen molar-refractivity contribution >= 4 is 11.6 Å². The lowest BCUT2D eigenvalue weighted by Gasteiger charge is -2.41. The Morgan fingerprint density at radius 2 is 1.95 bits per heavy atom. The van der Waals surface area contributed by atoms with E-state index in [1.54, 1.807) is 0 Å². The van der Waals surface area contributed by atoms with Gasteiger partial charge in [0.25, 0.3) is 0 Å². The number of carbonyl (C=O) groups excluding carboxylic acids is 1. The summed E-state index contributed by atoms with van der Waals surface area (Å²) < 4.78 is 27.2. The Kier molecular flexibility index (Phi) is 7.53. The minimum absolute atomic E-state index is 0.0938. The molecule has 1 amide bonds. The van der Waals surface area contributed by atoms with E-state index in [9.17, 15) is 13.6 Å². The quantitative estimate of drug-likeness (QED) is 0.635. The zero-order valence-corrected chi connectivity index (χ0v) is 22.6. The maximum absolute atomic E-state index is 13.8. The normalized spacial score (nSPS) is 32.3. The van der Waals surface area contributed by atoms with Gasteiger partial charge in [0, 0.05) is 62.7 Å². The number of hydrogen-bond acceptors (Lipinski definition) is 5. The van der Waals surface area contributed by atoms with Gasteiger partial charge in [0.05, 0.1) is 24.0 Å². The molecule has 37 heavy (non-hydrogen) atoms. The first-order valence-electron chi connectivity index (χ1n) is 13.8. The number of allylic oxidation sites excluding steroid dienone is 1. The molecule has 6 nitrogen and oxygen atoms in total. The molecule has 202 valence electrons. The fraction of sp³-hybridized carbons (Fsp3) is 0.655. The Hall–Kier alpha value is -2.16. The van der Waals surface area contributed by atoms with Crippen LogP contribution < -0.4 is 5.32 Å². The number of dihydropyridines is 1. The Morgan fingerprint density at radius 1 is 1.19 bits per heavy atom. The van der Waals surface area contributed by atoms with E-state index < -0.39 is 6.17 Å². The number of hydrogen-bond donors (Lipinski definition) is 1. The van der Waals surface area contributed by atoms with Gasteiger partial charge in [-0.2, -0.15) is 0 Å². The molecular weight excluding hydrogens is 472 g/mol. The Bertz CT molecular complexity index is 1050. The highest BCUT2D eigenvalue weighted by Gasteiger charge is 2.45. The number of piperazine rings is 1. The van der Waals surface area contributed by atoms with Crippen molar-refractivity contribution in [1.82, 2.24) is 20.0 Å². The molecule has 1 aromatic carbocycles. The third kappa shape index (κ3) is 5.81. The van der Waals surface area contributed by atoms with Crippen LogP contribution in [0.3, 0.4) is 0 Å². The average molecular weight is 514 g/mol. The highest BCUT2D eigenvalue weighted by atomic mass is 19.1. The summed E-state index contributed by atoms with van der Waals surface area (Å²) in [7, 11) is 0. The maximum atomic E-state index is 13.8. The monoisotopic (exact) mass is 513 g/mol. The van der Waals surface area contributed by atoms with Gasteiger partial charge in [0.2, 0.25) is 5.91 Å². The van der Waals surface area contributed by atoms with Gasteiger partial charge < -0.3 is 10.2 Å². The SMILES string of the molecule is CC1N=C2C(=CC1Cc1ccc(F)cc1)N(C(=O)CN1C[C@@H](C)NC[C@@H]1CN1CC[C@@H](F)C1)CC2(C)C. The van der Waals surface area contributed by atoms with Gasteiger partial charge in [0.1, 0.15) is 12.0 Å². The van der Waals surface area contributed by atoms with Crippen LogP contribution in [0, 0.1) is 17.2 Å². The molecule has 8 heteroatoms. The van der Waals surface area contributed by atoms with Crippen molar-refractivity contribution in [3.63, 3.8) is 0 Å². The largest absolute Gasteiger partial charge is 0.311 e. The van der Waals surface area contributed by atoms with Gasteiger partial charge in [-0.1, -0.05) is 32.1 Å². The van der Waals surface area contributed by atoms with Crippen LogP contribution in [-0.4, -0.2) is 96.4 Å². The van der Waals surface area contributed by atoms with Gasteiger partial charge in [-0.3, -0.25) is 19.6 Å². The lowest BCUT2D eigenvalue weighted by Crippen LogP contribution is -2.60. The van der Waals surface area contributed by atoms with Crippen molar-refractivity contribution in [2.45, 2.75) is 64.8 Å². The summed E-state index contributed by atoms with van der Waals surface area (Å²) in [5.41, 5.74) is 2.82. The van der Waals surface area contributed by atoms with Gasteiger partial charge >= 0.3 is 0 Å². The highest BCUT2D eigenvalue weighted by Crippen LogP contribution is 2.39. The van der Waals surface area contributed by atoms with Gasteiger partial charge in [-0.25, -0.2) is 8.78 Å². The number of nitrogens with one attached hydrogen (secondary N) is 1. The van der Waals surface area contributed by atoms with Crippen molar-refractivity contribution in [2.24, 2.45) is 16.3 Å². The molecule has 0 bridgehead atoms. The van der Waals surface area contributed by atoms with E-state index in [0.29, 0.717) is 32.1 Å². The molecule has 1 aromatic rings. The van der Waals surface area contributed by atoms with Crippen LogP contribution in [0.15, 0.2) is 41.0 Å². The van der Waals surface area contributed by atoms with Crippen LogP contribution in [0.25, 0.3) is 0 Å². The zero-order valence-electron chi connectivity index (χ0n) is 22.6. The van der Waals surface area contributed by atoms with Gasteiger partial charge in [-0.05, 0) is 44.4 Å². The molecule has 4 aliphatic heterocycles. The van der Waals surface area contributed by atoms with E-state index >= 15 is 0 Å². The number of carbonyl (C=O) groups is 1. The Balaban J connectivity index is 1.32. The van der Waals surface area contributed by atoms with Crippen LogP contribution in [0.1, 0.15) is 39.7 Å². The molecule has 3 fully saturated rings. The molecule has 0 aromatic heterocycles. The minimum Gasteiger partial charge on any atom is -0.311 e. The summed E-state index contributed by atoms with van der Waals surface area (Å²) in [5, 5.41) is 3.54. The van der Waals surface area contributed by atoms with E-state index in [2.05, 4.69) is 48.9 Å². The number of halogens is 2. The van der Waals surface area contributed by atoms with Crippen LogP contribution in [0.2, 0.25) is 0 Å². The summed E-state index contributed by atoms with van der Waals surface area (Å²) >= 11 is 0. The first-order chi connectivity index (χ1) is 17.6. The highest BCUT2D eigenvalue weighted by molar-refractivity contribution is 6.10. The second-order valence-electron chi connectivity index (χ2n) is 12.2. The fourth-order valence-corrected chi connectivity index (χ4v) is 6.34. The van der Waals surface area contributed by atoms with Gasteiger partial charge in [0.15, 0.2) is 0 Å². The molecule has 2 unspecified atom stereocenters. The predicted molar refractivity (Wildman–Crippen MR) is 143 cm³/mol. The standard InChI is InChI=1S/C29H41F2N5O/c1-19-14-35(25(13-32-19)16-34-10-9-24(31)15-34)17-27(37)36-18-29(3,4)28-26(36)12-22(20(2)33-28)11-21-5-7-23(30)8-6-21/h5-8,12,19-20,22,24-25,32H,9-11,13-18H2,1-4H3/t19-,20?,22?,24-,25-/m1/s1. The maximum Gasteiger partial charge on any atom is 0.241 e. The molecule has 0 aliphatic carbocycles. The minimum atomic E-state index is -0.737. The summed E-state index contributed by atoms with van der Waals surface area (Å²) in [6.07, 6.45) is 2.85.